The summed E-state index contributed by atoms with van der Waals surface area (Å²) in [6.07, 6.45) is 3.26. The summed E-state index contributed by atoms with van der Waals surface area (Å²) < 4.78 is 76.0. The van der Waals surface area contributed by atoms with Gasteiger partial charge in [-0.25, -0.2) is 8.42 Å². The summed E-state index contributed by atoms with van der Waals surface area (Å²) in [5.74, 6) is 0.970. The van der Waals surface area contributed by atoms with Gasteiger partial charge in [-0.3, -0.25) is 0 Å². The second kappa shape index (κ2) is 5.82. The van der Waals surface area contributed by atoms with Crippen LogP contribution < -0.4 is 0 Å². The first-order valence-electron chi connectivity index (χ1n) is 8.80. The SMILES string of the molecule is CC1(OCC2CO2)C2CC3CC(C2)C(OCC(F)(F)S(=O)(=O)[O-])C1C3. The molecule has 0 spiro atoms. The van der Waals surface area contributed by atoms with Crippen LogP contribution >= 0.6 is 0 Å². The second-order valence-corrected chi connectivity index (χ2v) is 9.70. The van der Waals surface area contributed by atoms with Crippen molar-refractivity contribution < 1.29 is 36.0 Å². The van der Waals surface area contributed by atoms with Crippen molar-refractivity contribution in [3.05, 3.63) is 0 Å². The van der Waals surface area contributed by atoms with E-state index in [2.05, 4.69) is 0 Å². The van der Waals surface area contributed by atoms with E-state index in [0.29, 0.717) is 25.0 Å². The summed E-state index contributed by atoms with van der Waals surface area (Å²) in [5, 5.41) is -4.40. The molecule has 9 heteroatoms. The van der Waals surface area contributed by atoms with Crippen molar-refractivity contribution in [2.24, 2.45) is 23.7 Å². The first kappa shape index (κ1) is 18.0. The minimum Gasteiger partial charge on any atom is -0.743 e. The highest BCUT2D eigenvalue weighted by Gasteiger charge is 2.61. The topological polar surface area (TPSA) is 88.2 Å². The molecule has 5 rings (SSSR count). The minimum atomic E-state index is -5.73. The summed E-state index contributed by atoms with van der Waals surface area (Å²) >= 11 is 0. The maximum atomic E-state index is 13.5. The molecule has 6 nitrogen and oxygen atoms in total. The second-order valence-electron chi connectivity index (χ2n) is 8.19. The van der Waals surface area contributed by atoms with Gasteiger partial charge in [0.2, 0.25) is 0 Å². The smallest absolute Gasteiger partial charge is 0.357 e. The first-order chi connectivity index (χ1) is 11.6. The fourth-order valence-corrected chi connectivity index (χ4v) is 5.49. The first-order valence-corrected chi connectivity index (χ1v) is 10.2. The van der Waals surface area contributed by atoms with Gasteiger partial charge in [-0.05, 0) is 50.4 Å². The zero-order chi connectivity index (χ0) is 18.0. The van der Waals surface area contributed by atoms with Gasteiger partial charge >= 0.3 is 5.25 Å². The van der Waals surface area contributed by atoms with E-state index >= 15 is 0 Å². The van der Waals surface area contributed by atoms with Crippen LogP contribution in [0.4, 0.5) is 8.78 Å². The third-order valence-electron chi connectivity index (χ3n) is 6.63. The average Bonchev–Trinajstić information content (AvgIpc) is 3.33. The largest absolute Gasteiger partial charge is 0.743 e. The number of hydrogen-bond acceptors (Lipinski definition) is 6. The van der Waals surface area contributed by atoms with Crippen molar-refractivity contribution in [2.75, 3.05) is 19.8 Å². The molecule has 1 aliphatic heterocycles. The van der Waals surface area contributed by atoms with E-state index in [0.717, 1.165) is 25.7 Å². The Morgan fingerprint density at radius 3 is 2.64 bits per heavy atom. The van der Waals surface area contributed by atoms with Gasteiger partial charge in [-0.1, -0.05) is 0 Å². The lowest BCUT2D eigenvalue weighted by atomic mass is 9.49. The van der Waals surface area contributed by atoms with Crippen LogP contribution in [-0.2, 0) is 24.3 Å². The van der Waals surface area contributed by atoms with Crippen LogP contribution in [0.2, 0.25) is 0 Å². The maximum absolute atomic E-state index is 13.5. The van der Waals surface area contributed by atoms with Gasteiger partial charge in [-0.2, -0.15) is 8.78 Å². The van der Waals surface area contributed by atoms with Crippen molar-refractivity contribution in [1.82, 2.24) is 0 Å². The lowest BCUT2D eigenvalue weighted by Crippen LogP contribution is -2.64. The van der Waals surface area contributed by atoms with Crippen LogP contribution in [0.5, 0.6) is 0 Å². The summed E-state index contributed by atoms with van der Waals surface area (Å²) in [5.41, 5.74) is -0.477. The lowest BCUT2D eigenvalue weighted by molar-refractivity contribution is -0.252. The third kappa shape index (κ3) is 3.12. The molecule has 1 heterocycles. The lowest BCUT2D eigenvalue weighted by Gasteiger charge is -2.62. The average molecular weight is 381 g/mol. The number of alkyl halides is 2. The molecule has 144 valence electrons. The van der Waals surface area contributed by atoms with Crippen LogP contribution in [0, 0.1) is 23.7 Å². The maximum Gasteiger partial charge on any atom is 0.357 e. The van der Waals surface area contributed by atoms with E-state index < -0.39 is 33.7 Å². The van der Waals surface area contributed by atoms with Gasteiger partial charge in [0, 0.05) is 5.92 Å². The Morgan fingerprint density at radius 2 is 2.00 bits per heavy atom. The van der Waals surface area contributed by atoms with E-state index in [1.165, 1.54) is 0 Å². The number of rotatable bonds is 7. The van der Waals surface area contributed by atoms with E-state index in [-0.39, 0.29) is 17.9 Å². The summed E-state index contributed by atoms with van der Waals surface area (Å²) in [7, 11) is -5.73. The molecule has 4 aliphatic carbocycles. The molecule has 5 fully saturated rings. The van der Waals surface area contributed by atoms with E-state index in [1.807, 2.05) is 6.92 Å². The molecule has 4 saturated carbocycles. The van der Waals surface area contributed by atoms with Gasteiger partial charge in [0.15, 0.2) is 10.1 Å². The van der Waals surface area contributed by atoms with Gasteiger partial charge < -0.3 is 18.8 Å². The number of halogens is 2. The Morgan fingerprint density at radius 1 is 1.28 bits per heavy atom. The van der Waals surface area contributed by atoms with E-state index in [1.54, 1.807) is 0 Å². The Bertz CT molecular complexity index is 637. The predicted octanol–water partition coefficient (Wildman–Crippen LogP) is 1.75. The molecule has 0 amide bonds. The van der Waals surface area contributed by atoms with Crippen LogP contribution in [-0.4, -0.2) is 55.9 Å². The molecule has 4 bridgehead atoms. The number of hydrogen-bond donors (Lipinski definition) is 0. The third-order valence-corrected chi connectivity index (χ3v) is 7.48. The van der Waals surface area contributed by atoms with E-state index in [4.69, 9.17) is 14.2 Å². The van der Waals surface area contributed by atoms with Crippen molar-refractivity contribution in [2.45, 2.75) is 55.7 Å². The summed E-state index contributed by atoms with van der Waals surface area (Å²) in [6, 6.07) is 0. The molecular weight excluding hydrogens is 358 g/mol. The molecule has 0 aromatic heterocycles. The van der Waals surface area contributed by atoms with Crippen molar-refractivity contribution in [3.63, 3.8) is 0 Å². The fraction of sp³-hybridized carbons (Fsp3) is 1.00. The van der Waals surface area contributed by atoms with E-state index in [9.17, 15) is 21.8 Å². The van der Waals surface area contributed by atoms with Crippen molar-refractivity contribution in [1.29, 1.82) is 0 Å². The van der Waals surface area contributed by atoms with Crippen LogP contribution in [0.15, 0.2) is 0 Å². The monoisotopic (exact) mass is 381 g/mol. The molecule has 0 aromatic rings. The number of ether oxygens (including phenoxy) is 3. The molecule has 1 saturated heterocycles. The zero-order valence-electron chi connectivity index (χ0n) is 14.0. The molecule has 25 heavy (non-hydrogen) atoms. The van der Waals surface area contributed by atoms with Gasteiger partial charge in [0.1, 0.15) is 12.7 Å². The van der Waals surface area contributed by atoms with Gasteiger partial charge in [-0.15, -0.1) is 0 Å². The summed E-state index contributed by atoms with van der Waals surface area (Å²) in [6.45, 7) is 1.80. The highest BCUT2D eigenvalue weighted by molar-refractivity contribution is 7.86. The molecule has 0 N–H and O–H groups in total. The summed E-state index contributed by atoms with van der Waals surface area (Å²) in [4.78, 5) is 0. The molecule has 0 radical (unpaired) electrons. The predicted molar refractivity (Wildman–Crippen MR) is 80.9 cm³/mol. The molecule has 5 aliphatic rings. The molecule has 7 atom stereocenters. The normalized spacial score (nSPS) is 45.8. The van der Waals surface area contributed by atoms with Crippen molar-refractivity contribution in [3.8, 4) is 0 Å². The van der Waals surface area contributed by atoms with Crippen LogP contribution in [0.1, 0.15) is 32.6 Å². The highest BCUT2D eigenvalue weighted by atomic mass is 32.2. The van der Waals surface area contributed by atoms with Gasteiger partial charge in [0.25, 0.3) is 0 Å². The molecule has 7 unspecified atom stereocenters. The van der Waals surface area contributed by atoms with Crippen molar-refractivity contribution >= 4 is 10.1 Å². The Labute approximate surface area is 145 Å². The number of epoxide rings is 1. The van der Waals surface area contributed by atoms with Crippen LogP contribution in [0.3, 0.4) is 0 Å². The standard InChI is InChI=1S/C16H24F2O6S/c1-15(24-7-12-6-22-12)11-3-9-2-10(5-11)14(13(15)4-9)23-8-16(17,18)25(19,20)21/h9-14H,2-8H2,1H3,(H,19,20,21)/p-1. The van der Waals surface area contributed by atoms with Gasteiger partial charge in [0.05, 0.1) is 24.9 Å². The quantitative estimate of drug-likeness (QED) is 0.493. The highest BCUT2D eigenvalue weighted by Crippen LogP contribution is 2.60. The Balaban J connectivity index is 1.50. The Hall–Kier alpha value is -0.350. The molecular formula is C16H23F2O6S-. The molecule has 0 aromatic carbocycles. The minimum absolute atomic E-state index is 0.0624. The van der Waals surface area contributed by atoms with Crippen LogP contribution in [0.25, 0.3) is 0 Å². The Kier molecular flexibility index (Phi) is 4.20. The fourth-order valence-electron chi connectivity index (χ4n) is 5.28. The zero-order valence-corrected chi connectivity index (χ0v) is 14.8.